The van der Waals surface area contributed by atoms with E-state index >= 15 is 0 Å². The molecule has 134 valence electrons. The van der Waals surface area contributed by atoms with Crippen LogP contribution >= 0.6 is 11.8 Å². The van der Waals surface area contributed by atoms with Crippen LogP contribution in [0.3, 0.4) is 0 Å². The lowest BCUT2D eigenvalue weighted by atomic mass is 10.1. The number of carboxylic acid groups (broad SMARTS) is 1. The Bertz CT molecular complexity index is 831. The number of fused-ring (bicyclic) bond motifs is 1. The SMILES string of the molecule is COc1ccc2c(CC(=O)N[C@@H](CCSC)C(=O)O)cc(=O)oc2c1. The molecule has 0 bridgehead atoms. The Hall–Kier alpha value is -2.48. The molecule has 0 fully saturated rings. The van der Waals surface area contributed by atoms with Crippen LogP contribution in [0.25, 0.3) is 11.0 Å². The van der Waals surface area contributed by atoms with Crippen molar-refractivity contribution in [3.8, 4) is 5.75 Å². The average molecular weight is 365 g/mol. The van der Waals surface area contributed by atoms with Crippen LogP contribution in [0.5, 0.6) is 5.75 Å². The molecule has 0 aliphatic heterocycles. The number of ether oxygens (including phenoxy) is 1. The second-order valence-corrected chi connectivity index (χ2v) is 6.35. The van der Waals surface area contributed by atoms with Crippen molar-refractivity contribution in [2.75, 3.05) is 19.1 Å². The van der Waals surface area contributed by atoms with E-state index in [1.807, 2.05) is 6.26 Å². The zero-order chi connectivity index (χ0) is 18.4. The van der Waals surface area contributed by atoms with Crippen LogP contribution in [0.15, 0.2) is 33.5 Å². The molecule has 0 aliphatic rings. The predicted molar refractivity (Wildman–Crippen MR) is 95.3 cm³/mol. The van der Waals surface area contributed by atoms with Crippen molar-refractivity contribution in [1.82, 2.24) is 5.32 Å². The third-order valence-corrected chi connectivity index (χ3v) is 4.28. The van der Waals surface area contributed by atoms with Gasteiger partial charge in [-0.15, -0.1) is 0 Å². The molecular formula is C17H19NO6S. The molecule has 25 heavy (non-hydrogen) atoms. The van der Waals surface area contributed by atoms with Crippen LogP contribution in [-0.4, -0.2) is 42.1 Å². The van der Waals surface area contributed by atoms with E-state index in [2.05, 4.69) is 5.32 Å². The monoisotopic (exact) mass is 365 g/mol. The topological polar surface area (TPSA) is 106 Å². The molecule has 0 saturated heterocycles. The Balaban J connectivity index is 2.22. The van der Waals surface area contributed by atoms with Crippen molar-refractivity contribution in [2.45, 2.75) is 18.9 Å². The highest BCUT2D eigenvalue weighted by Crippen LogP contribution is 2.22. The summed E-state index contributed by atoms with van der Waals surface area (Å²) in [6.07, 6.45) is 2.08. The van der Waals surface area contributed by atoms with E-state index < -0.39 is 23.5 Å². The highest BCUT2D eigenvalue weighted by atomic mass is 32.2. The lowest BCUT2D eigenvalue weighted by Crippen LogP contribution is -2.42. The Morgan fingerprint density at radius 3 is 2.76 bits per heavy atom. The number of hydrogen-bond donors (Lipinski definition) is 2. The van der Waals surface area contributed by atoms with Gasteiger partial charge in [0.05, 0.1) is 13.5 Å². The number of rotatable bonds is 8. The van der Waals surface area contributed by atoms with Crippen LogP contribution in [-0.2, 0) is 16.0 Å². The standard InChI is InChI=1S/C17H19NO6S/c1-23-11-3-4-12-10(8-16(20)24-14(12)9-11)7-15(19)18-13(17(21)22)5-6-25-2/h3-4,8-9,13H,5-7H2,1-2H3,(H,18,19)(H,21,22)/t13-/m0/s1. The third kappa shape index (κ3) is 4.99. The number of nitrogens with one attached hydrogen (secondary N) is 1. The van der Waals surface area contributed by atoms with Crippen LogP contribution in [0.2, 0.25) is 0 Å². The minimum absolute atomic E-state index is 0.114. The zero-order valence-electron chi connectivity index (χ0n) is 13.9. The first-order valence-electron chi connectivity index (χ1n) is 7.56. The maximum Gasteiger partial charge on any atom is 0.336 e. The van der Waals surface area contributed by atoms with E-state index in [4.69, 9.17) is 9.15 Å². The fraction of sp³-hybridized carbons (Fsp3) is 0.353. The average Bonchev–Trinajstić information content (AvgIpc) is 2.57. The van der Waals surface area contributed by atoms with Crippen LogP contribution in [0.1, 0.15) is 12.0 Å². The minimum Gasteiger partial charge on any atom is -0.497 e. The lowest BCUT2D eigenvalue weighted by Gasteiger charge is -2.14. The summed E-state index contributed by atoms with van der Waals surface area (Å²) in [4.78, 5) is 35.2. The maximum atomic E-state index is 12.2. The van der Waals surface area contributed by atoms with Gasteiger partial charge < -0.3 is 19.6 Å². The first-order chi connectivity index (χ1) is 11.9. The molecule has 1 heterocycles. The number of benzene rings is 1. The number of hydrogen-bond acceptors (Lipinski definition) is 6. The predicted octanol–water partition coefficient (Wildman–Crippen LogP) is 1.67. The molecule has 0 radical (unpaired) electrons. The number of carbonyl (C=O) groups excluding carboxylic acids is 1. The molecule has 1 aromatic carbocycles. The summed E-state index contributed by atoms with van der Waals surface area (Å²) in [5.41, 5.74) is 0.202. The second kappa shape index (κ2) is 8.57. The van der Waals surface area contributed by atoms with Crippen molar-refractivity contribution in [2.24, 2.45) is 0 Å². The summed E-state index contributed by atoms with van der Waals surface area (Å²) in [5.74, 6) is -0.393. The molecule has 0 aliphatic carbocycles. The quantitative estimate of drug-likeness (QED) is 0.685. The molecule has 0 saturated carbocycles. The summed E-state index contributed by atoms with van der Waals surface area (Å²) in [6.45, 7) is 0. The van der Waals surface area contributed by atoms with Gasteiger partial charge in [0.1, 0.15) is 17.4 Å². The molecule has 2 aromatic rings. The first-order valence-corrected chi connectivity index (χ1v) is 8.96. The summed E-state index contributed by atoms with van der Waals surface area (Å²) in [5, 5.41) is 12.3. The number of amides is 1. The summed E-state index contributed by atoms with van der Waals surface area (Å²) in [6, 6.07) is 5.25. The molecule has 2 N–H and O–H groups in total. The molecule has 1 amide bonds. The van der Waals surface area contributed by atoms with Gasteiger partial charge in [0, 0.05) is 17.5 Å². The van der Waals surface area contributed by atoms with Crippen LogP contribution < -0.4 is 15.7 Å². The Labute approximate surface area is 148 Å². The van der Waals surface area contributed by atoms with Crippen LogP contribution in [0.4, 0.5) is 0 Å². The van der Waals surface area contributed by atoms with Gasteiger partial charge in [-0.2, -0.15) is 11.8 Å². The highest BCUT2D eigenvalue weighted by Gasteiger charge is 2.20. The molecule has 1 aromatic heterocycles. The van der Waals surface area contributed by atoms with Crippen molar-refractivity contribution < 1.29 is 23.8 Å². The van der Waals surface area contributed by atoms with Gasteiger partial charge in [-0.05, 0) is 36.1 Å². The fourth-order valence-electron chi connectivity index (χ4n) is 2.39. The molecule has 2 rings (SSSR count). The zero-order valence-corrected chi connectivity index (χ0v) is 14.7. The van der Waals surface area contributed by atoms with Gasteiger partial charge in [0.25, 0.3) is 0 Å². The molecule has 0 unspecified atom stereocenters. The van der Waals surface area contributed by atoms with Crippen LogP contribution in [0, 0.1) is 0 Å². The van der Waals surface area contributed by atoms with Crippen molar-refractivity contribution >= 4 is 34.6 Å². The number of methoxy groups -OCH3 is 1. The van der Waals surface area contributed by atoms with E-state index in [0.29, 0.717) is 34.5 Å². The third-order valence-electron chi connectivity index (χ3n) is 3.63. The van der Waals surface area contributed by atoms with Crippen molar-refractivity contribution in [3.05, 3.63) is 40.2 Å². The first kappa shape index (κ1) is 18.9. The second-order valence-electron chi connectivity index (χ2n) is 5.37. The number of thioether (sulfide) groups is 1. The summed E-state index contributed by atoms with van der Waals surface area (Å²) < 4.78 is 10.2. The van der Waals surface area contributed by atoms with E-state index in [1.54, 1.807) is 18.2 Å². The summed E-state index contributed by atoms with van der Waals surface area (Å²) in [7, 11) is 1.50. The minimum atomic E-state index is -1.08. The maximum absolute atomic E-state index is 12.2. The number of aliphatic carboxylic acids is 1. The lowest BCUT2D eigenvalue weighted by molar-refractivity contribution is -0.141. The number of carbonyl (C=O) groups is 2. The van der Waals surface area contributed by atoms with E-state index in [-0.39, 0.29) is 6.42 Å². The van der Waals surface area contributed by atoms with E-state index in [9.17, 15) is 19.5 Å². The summed E-state index contributed by atoms with van der Waals surface area (Å²) >= 11 is 1.51. The van der Waals surface area contributed by atoms with Gasteiger partial charge >= 0.3 is 11.6 Å². The van der Waals surface area contributed by atoms with Gasteiger partial charge in [0.15, 0.2) is 0 Å². The van der Waals surface area contributed by atoms with Gasteiger partial charge in [-0.25, -0.2) is 9.59 Å². The number of carboxylic acids is 1. The molecule has 1 atom stereocenters. The molecular weight excluding hydrogens is 346 g/mol. The van der Waals surface area contributed by atoms with Crippen molar-refractivity contribution in [3.63, 3.8) is 0 Å². The molecule has 7 nitrogen and oxygen atoms in total. The Morgan fingerprint density at radius 2 is 2.12 bits per heavy atom. The Kier molecular flexibility index (Phi) is 6.46. The highest BCUT2D eigenvalue weighted by molar-refractivity contribution is 7.98. The normalized spacial score (nSPS) is 11.9. The van der Waals surface area contributed by atoms with Crippen molar-refractivity contribution in [1.29, 1.82) is 0 Å². The van der Waals surface area contributed by atoms with Gasteiger partial charge in [-0.1, -0.05) is 0 Å². The largest absolute Gasteiger partial charge is 0.497 e. The molecule has 0 spiro atoms. The smallest absolute Gasteiger partial charge is 0.336 e. The fourth-order valence-corrected chi connectivity index (χ4v) is 2.87. The molecule has 8 heteroatoms. The van der Waals surface area contributed by atoms with Gasteiger partial charge in [0.2, 0.25) is 5.91 Å². The van der Waals surface area contributed by atoms with E-state index in [1.165, 1.54) is 24.9 Å². The Morgan fingerprint density at radius 1 is 1.36 bits per heavy atom. The van der Waals surface area contributed by atoms with Gasteiger partial charge in [-0.3, -0.25) is 4.79 Å². The van der Waals surface area contributed by atoms with E-state index in [0.717, 1.165) is 0 Å².